The molecule has 1 aromatic carbocycles. The van der Waals surface area contributed by atoms with E-state index in [1.54, 1.807) is 27.4 Å². The predicted octanol–water partition coefficient (Wildman–Crippen LogP) is 0.351. The van der Waals surface area contributed by atoms with E-state index < -0.39 is 10.0 Å². The summed E-state index contributed by atoms with van der Waals surface area (Å²) in [6, 6.07) is 3.67. The molecule has 2 N–H and O–H groups in total. The van der Waals surface area contributed by atoms with Crippen LogP contribution in [-0.2, 0) is 16.6 Å². The molecule has 0 heterocycles. The van der Waals surface area contributed by atoms with Gasteiger partial charge in [-0.3, -0.25) is 0 Å². The topological polar surface area (TPSA) is 85.9 Å². The number of sulfonamides is 1. The van der Waals surface area contributed by atoms with E-state index in [1.807, 2.05) is 6.07 Å². The van der Waals surface area contributed by atoms with E-state index in [1.165, 1.54) is 0 Å². The van der Waals surface area contributed by atoms with Crippen molar-refractivity contribution in [1.29, 1.82) is 0 Å². The van der Waals surface area contributed by atoms with Crippen LogP contribution in [0.15, 0.2) is 12.1 Å². The van der Waals surface area contributed by atoms with Gasteiger partial charge in [0, 0.05) is 25.2 Å². The van der Waals surface area contributed by atoms with Crippen molar-refractivity contribution < 1.29 is 22.6 Å². The molecule has 0 aromatic heterocycles. The SMILES string of the molecule is COc1ccc(CNCCNS(C)(=O)=O)c(OC)c1OC. The first-order chi connectivity index (χ1) is 9.92. The van der Waals surface area contributed by atoms with E-state index in [2.05, 4.69) is 10.0 Å². The zero-order chi connectivity index (χ0) is 15.9. The van der Waals surface area contributed by atoms with E-state index >= 15 is 0 Å². The van der Waals surface area contributed by atoms with Gasteiger partial charge >= 0.3 is 0 Å². The van der Waals surface area contributed by atoms with Crippen molar-refractivity contribution >= 4 is 10.0 Å². The van der Waals surface area contributed by atoms with Crippen molar-refractivity contribution in [2.75, 3.05) is 40.7 Å². The molecule has 0 unspecified atom stereocenters. The van der Waals surface area contributed by atoms with Gasteiger partial charge in [-0.25, -0.2) is 13.1 Å². The number of hydrogen-bond donors (Lipinski definition) is 2. The smallest absolute Gasteiger partial charge is 0.208 e. The van der Waals surface area contributed by atoms with Crippen molar-refractivity contribution in [3.63, 3.8) is 0 Å². The third kappa shape index (κ3) is 5.41. The summed E-state index contributed by atoms with van der Waals surface area (Å²) >= 11 is 0. The molecule has 7 nitrogen and oxygen atoms in total. The van der Waals surface area contributed by atoms with Crippen LogP contribution in [-0.4, -0.2) is 49.1 Å². The molecule has 0 atom stereocenters. The van der Waals surface area contributed by atoms with Crippen LogP contribution in [0.1, 0.15) is 5.56 Å². The molecular weight excluding hydrogens is 296 g/mol. The molecule has 0 aliphatic rings. The molecule has 8 heteroatoms. The molecular formula is C13H22N2O5S. The summed E-state index contributed by atoms with van der Waals surface area (Å²) in [6.07, 6.45) is 1.13. The Morgan fingerprint density at radius 2 is 1.67 bits per heavy atom. The highest BCUT2D eigenvalue weighted by Crippen LogP contribution is 2.39. The quantitative estimate of drug-likeness (QED) is 0.639. The van der Waals surface area contributed by atoms with Crippen LogP contribution in [0.4, 0.5) is 0 Å². The maximum absolute atomic E-state index is 10.9. The fourth-order valence-electron chi connectivity index (χ4n) is 1.85. The Kier molecular flexibility index (Phi) is 6.73. The Balaban J connectivity index is 2.67. The lowest BCUT2D eigenvalue weighted by Crippen LogP contribution is -2.30. The third-order valence-electron chi connectivity index (χ3n) is 2.77. The molecule has 0 aliphatic heterocycles. The summed E-state index contributed by atoms with van der Waals surface area (Å²) in [7, 11) is 1.52. The molecule has 21 heavy (non-hydrogen) atoms. The molecule has 0 fully saturated rings. The summed E-state index contributed by atoms with van der Waals surface area (Å²) in [5, 5.41) is 3.13. The monoisotopic (exact) mass is 318 g/mol. The van der Waals surface area contributed by atoms with Crippen LogP contribution < -0.4 is 24.2 Å². The van der Waals surface area contributed by atoms with Gasteiger partial charge in [-0.2, -0.15) is 0 Å². The van der Waals surface area contributed by atoms with Crippen LogP contribution in [0.5, 0.6) is 17.2 Å². The molecule has 120 valence electrons. The van der Waals surface area contributed by atoms with Crippen molar-refractivity contribution in [3.8, 4) is 17.2 Å². The fraction of sp³-hybridized carbons (Fsp3) is 0.538. The lowest BCUT2D eigenvalue weighted by Gasteiger charge is -2.16. The van der Waals surface area contributed by atoms with Crippen LogP contribution in [0.2, 0.25) is 0 Å². The predicted molar refractivity (Wildman–Crippen MR) is 80.7 cm³/mol. The molecule has 0 aliphatic carbocycles. The number of nitrogens with one attached hydrogen (secondary N) is 2. The van der Waals surface area contributed by atoms with E-state index in [4.69, 9.17) is 14.2 Å². The van der Waals surface area contributed by atoms with Crippen LogP contribution >= 0.6 is 0 Å². The highest BCUT2D eigenvalue weighted by molar-refractivity contribution is 7.88. The zero-order valence-corrected chi connectivity index (χ0v) is 13.5. The Morgan fingerprint density at radius 1 is 1.00 bits per heavy atom. The number of rotatable bonds is 9. The van der Waals surface area contributed by atoms with Crippen LogP contribution in [0.3, 0.4) is 0 Å². The minimum absolute atomic E-state index is 0.328. The van der Waals surface area contributed by atoms with Gasteiger partial charge < -0.3 is 19.5 Å². The van der Waals surface area contributed by atoms with E-state index in [0.717, 1.165) is 11.8 Å². The molecule has 0 amide bonds. The first-order valence-electron chi connectivity index (χ1n) is 6.36. The molecule has 1 aromatic rings. The van der Waals surface area contributed by atoms with Gasteiger partial charge in [0.05, 0.1) is 27.6 Å². The first-order valence-corrected chi connectivity index (χ1v) is 8.25. The Hall–Kier alpha value is -1.51. The molecule has 0 saturated carbocycles. The minimum Gasteiger partial charge on any atom is -0.493 e. The van der Waals surface area contributed by atoms with E-state index in [0.29, 0.717) is 36.9 Å². The number of hydrogen-bond acceptors (Lipinski definition) is 6. The van der Waals surface area contributed by atoms with Crippen molar-refractivity contribution in [2.45, 2.75) is 6.54 Å². The second-order valence-corrected chi connectivity index (χ2v) is 6.17. The summed E-state index contributed by atoms with van der Waals surface area (Å²) in [4.78, 5) is 0. The Labute approximate surface area is 125 Å². The molecule has 0 saturated heterocycles. The van der Waals surface area contributed by atoms with Crippen LogP contribution in [0, 0.1) is 0 Å². The van der Waals surface area contributed by atoms with Gasteiger partial charge in [-0.1, -0.05) is 6.07 Å². The summed E-state index contributed by atoms with van der Waals surface area (Å²) in [5.41, 5.74) is 0.898. The molecule has 1 rings (SSSR count). The Bertz CT molecular complexity index is 560. The van der Waals surface area contributed by atoms with Gasteiger partial charge in [0.1, 0.15) is 0 Å². The van der Waals surface area contributed by atoms with Gasteiger partial charge in [-0.05, 0) is 6.07 Å². The lowest BCUT2D eigenvalue weighted by atomic mass is 10.1. The normalized spacial score (nSPS) is 11.2. The second-order valence-electron chi connectivity index (χ2n) is 4.34. The van der Waals surface area contributed by atoms with Crippen molar-refractivity contribution in [3.05, 3.63) is 17.7 Å². The average molecular weight is 318 g/mol. The maximum atomic E-state index is 10.9. The first kappa shape index (κ1) is 17.5. The van der Waals surface area contributed by atoms with Gasteiger partial charge in [0.2, 0.25) is 15.8 Å². The van der Waals surface area contributed by atoms with E-state index in [9.17, 15) is 8.42 Å². The summed E-state index contributed by atoms with van der Waals surface area (Å²) in [6.45, 7) is 1.36. The maximum Gasteiger partial charge on any atom is 0.208 e. The lowest BCUT2D eigenvalue weighted by molar-refractivity contribution is 0.321. The summed E-state index contributed by atoms with van der Waals surface area (Å²) in [5.74, 6) is 1.73. The van der Waals surface area contributed by atoms with Gasteiger partial charge in [0.25, 0.3) is 0 Å². The molecule has 0 bridgehead atoms. The highest BCUT2D eigenvalue weighted by Gasteiger charge is 2.15. The molecule has 0 spiro atoms. The Morgan fingerprint density at radius 3 is 2.19 bits per heavy atom. The number of methoxy groups -OCH3 is 3. The van der Waals surface area contributed by atoms with Crippen LogP contribution in [0.25, 0.3) is 0 Å². The fourth-order valence-corrected chi connectivity index (χ4v) is 2.32. The number of benzene rings is 1. The highest BCUT2D eigenvalue weighted by atomic mass is 32.2. The summed E-state index contributed by atoms with van der Waals surface area (Å²) < 4.78 is 40.1. The van der Waals surface area contributed by atoms with E-state index in [-0.39, 0.29) is 0 Å². The largest absolute Gasteiger partial charge is 0.493 e. The second kappa shape index (κ2) is 8.06. The van der Waals surface area contributed by atoms with Crippen molar-refractivity contribution in [1.82, 2.24) is 10.0 Å². The standard InChI is InChI=1S/C13H22N2O5S/c1-18-11-6-5-10(12(19-2)13(11)20-3)9-14-7-8-15-21(4,16)17/h5-6,14-15H,7-9H2,1-4H3. The third-order valence-corrected chi connectivity index (χ3v) is 3.50. The van der Waals surface area contributed by atoms with Gasteiger partial charge in [0.15, 0.2) is 11.5 Å². The number of ether oxygens (including phenoxy) is 3. The molecule has 0 radical (unpaired) electrons. The van der Waals surface area contributed by atoms with Gasteiger partial charge in [-0.15, -0.1) is 0 Å². The minimum atomic E-state index is -3.15. The van der Waals surface area contributed by atoms with Crippen molar-refractivity contribution in [2.24, 2.45) is 0 Å². The zero-order valence-electron chi connectivity index (χ0n) is 12.7. The average Bonchev–Trinajstić information content (AvgIpc) is 2.44.